The Hall–Kier alpha value is -3.40. The molecule has 1 aliphatic carbocycles. The minimum Gasteiger partial charge on any atom is -0.465 e. The molecule has 11 heteroatoms. The number of benzene rings is 2. The van der Waals surface area contributed by atoms with E-state index >= 15 is 0 Å². The van der Waals surface area contributed by atoms with Crippen molar-refractivity contribution in [3.8, 4) is 22.7 Å². The summed E-state index contributed by atoms with van der Waals surface area (Å²) in [4.78, 5) is 14.2. The number of hydrogen-bond acceptors (Lipinski definition) is 9. The SMILES string of the molecule is COC(=O)c1ccc(-c2nnc(N3[C@@H]4CC[C@H]3CC(OCc3c(-c5c(Cl)cccc5Cl)noc3C3CC3)C4)o2)cc1C. The van der Waals surface area contributed by atoms with Gasteiger partial charge >= 0.3 is 12.0 Å². The number of methoxy groups -OCH3 is 1. The van der Waals surface area contributed by atoms with E-state index in [4.69, 9.17) is 41.6 Å². The molecule has 0 N–H and O–H groups in total. The number of anilines is 1. The van der Waals surface area contributed by atoms with Gasteiger partial charge in [-0.2, -0.15) is 0 Å². The molecule has 9 nitrogen and oxygen atoms in total. The van der Waals surface area contributed by atoms with Gasteiger partial charge in [-0.3, -0.25) is 0 Å². The first-order chi connectivity index (χ1) is 20.4. The monoisotopic (exact) mass is 608 g/mol. The Balaban J connectivity index is 1.06. The average Bonchev–Trinajstić information content (AvgIpc) is 3.45. The number of fused-ring (bicyclic) bond motifs is 2. The van der Waals surface area contributed by atoms with Crippen LogP contribution in [0.2, 0.25) is 10.0 Å². The van der Waals surface area contributed by atoms with Gasteiger partial charge in [-0.05, 0) is 81.3 Å². The zero-order valence-electron chi connectivity index (χ0n) is 23.3. The molecule has 4 heterocycles. The van der Waals surface area contributed by atoms with E-state index in [1.54, 1.807) is 12.1 Å². The Morgan fingerprint density at radius 2 is 1.79 bits per heavy atom. The number of hydrogen-bond donors (Lipinski definition) is 0. The van der Waals surface area contributed by atoms with Crippen LogP contribution < -0.4 is 4.90 Å². The van der Waals surface area contributed by atoms with Crippen LogP contribution in [0.1, 0.15) is 71.7 Å². The summed E-state index contributed by atoms with van der Waals surface area (Å²) in [6.07, 6.45) is 6.03. The lowest BCUT2D eigenvalue weighted by atomic mass is 10.00. The summed E-state index contributed by atoms with van der Waals surface area (Å²) in [6.45, 7) is 2.25. The molecule has 7 rings (SSSR count). The topological polar surface area (TPSA) is 104 Å². The highest BCUT2D eigenvalue weighted by Crippen LogP contribution is 2.47. The zero-order chi connectivity index (χ0) is 29.0. The highest BCUT2D eigenvalue weighted by molar-refractivity contribution is 6.39. The first-order valence-corrected chi connectivity index (χ1v) is 15.0. The summed E-state index contributed by atoms with van der Waals surface area (Å²) in [5.74, 6) is 1.31. The Morgan fingerprint density at radius 1 is 1.05 bits per heavy atom. The van der Waals surface area contributed by atoms with E-state index in [9.17, 15) is 4.79 Å². The quantitative estimate of drug-likeness (QED) is 0.189. The number of esters is 1. The lowest BCUT2D eigenvalue weighted by molar-refractivity contribution is 0.0139. The fraction of sp³-hybridized carbons (Fsp3) is 0.419. The lowest BCUT2D eigenvalue weighted by Gasteiger charge is -2.37. The lowest BCUT2D eigenvalue weighted by Crippen LogP contribution is -2.45. The van der Waals surface area contributed by atoms with Gasteiger partial charge in [0.25, 0.3) is 0 Å². The smallest absolute Gasteiger partial charge is 0.338 e. The number of ether oxygens (including phenoxy) is 2. The molecule has 2 aliphatic heterocycles. The van der Waals surface area contributed by atoms with Crippen molar-refractivity contribution in [3.63, 3.8) is 0 Å². The molecule has 3 aliphatic rings. The summed E-state index contributed by atoms with van der Waals surface area (Å²) in [5, 5.41) is 14.2. The first kappa shape index (κ1) is 27.4. The molecule has 1 unspecified atom stereocenters. The minimum absolute atomic E-state index is 0.0752. The van der Waals surface area contributed by atoms with E-state index in [0.29, 0.717) is 51.3 Å². The number of aryl methyl sites for hydroxylation is 1. The predicted octanol–water partition coefficient (Wildman–Crippen LogP) is 7.39. The fourth-order valence-corrected chi connectivity index (χ4v) is 6.97. The van der Waals surface area contributed by atoms with E-state index < -0.39 is 0 Å². The standard InChI is InChI=1S/C31H30Cl2N4O5/c1-16-12-18(8-11-22(16)30(38)39-2)29-34-35-31(41-29)37-19-9-10-20(37)14-21(13-19)40-15-23-27(36-42-28(23)17-6-7-17)26-24(32)4-3-5-25(26)33/h3-5,8,11-12,17,19-21H,6-7,9-10,13-15H2,1-2H3/t19-,20+,21?. The minimum atomic E-state index is -0.372. The number of halogens is 2. The Bertz CT molecular complexity index is 1610. The fourth-order valence-electron chi connectivity index (χ4n) is 6.40. The summed E-state index contributed by atoms with van der Waals surface area (Å²) in [7, 11) is 1.37. The van der Waals surface area contributed by atoms with Crippen molar-refractivity contribution < 1.29 is 23.2 Å². The molecule has 42 heavy (non-hydrogen) atoms. The normalized spacial score (nSPS) is 21.6. The van der Waals surface area contributed by atoms with Gasteiger partial charge in [-0.1, -0.05) is 39.5 Å². The van der Waals surface area contributed by atoms with E-state index in [2.05, 4.69) is 20.3 Å². The molecular weight excluding hydrogens is 579 g/mol. The highest BCUT2D eigenvalue weighted by atomic mass is 35.5. The zero-order valence-corrected chi connectivity index (χ0v) is 24.8. The van der Waals surface area contributed by atoms with Crippen molar-refractivity contribution in [1.82, 2.24) is 15.4 Å². The van der Waals surface area contributed by atoms with Crippen molar-refractivity contribution in [3.05, 3.63) is 68.9 Å². The van der Waals surface area contributed by atoms with E-state index in [1.807, 2.05) is 31.2 Å². The van der Waals surface area contributed by atoms with Gasteiger partial charge in [0.15, 0.2) is 0 Å². The van der Waals surface area contributed by atoms with Gasteiger partial charge < -0.3 is 23.3 Å². The van der Waals surface area contributed by atoms with Crippen LogP contribution in [0.25, 0.3) is 22.7 Å². The van der Waals surface area contributed by atoms with Gasteiger partial charge in [0.2, 0.25) is 5.89 Å². The number of nitrogens with zero attached hydrogens (tertiary/aromatic N) is 4. The van der Waals surface area contributed by atoms with E-state index in [-0.39, 0.29) is 24.2 Å². The molecule has 0 spiro atoms. The van der Waals surface area contributed by atoms with Crippen molar-refractivity contribution in [1.29, 1.82) is 0 Å². The van der Waals surface area contributed by atoms with Crippen LogP contribution in [0, 0.1) is 6.92 Å². The molecule has 2 saturated heterocycles. The molecule has 4 aromatic rings. The second-order valence-corrected chi connectivity index (χ2v) is 12.2. The van der Waals surface area contributed by atoms with Crippen molar-refractivity contribution >= 4 is 35.2 Å². The van der Waals surface area contributed by atoms with Crippen molar-refractivity contribution in [2.24, 2.45) is 0 Å². The van der Waals surface area contributed by atoms with Crippen LogP contribution in [-0.4, -0.2) is 46.6 Å². The molecule has 2 aromatic heterocycles. The van der Waals surface area contributed by atoms with Crippen LogP contribution in [0.15, 0.2) is 45.3 Å². The van der Waals surface area contributed by atoms with Gasteiger partial charge in [0.05, 0.1) is 35.4 Å². The van der Waals surface area contributed by atoms with Crippen molar-refractivity contribution in [2.45, 2.75) is 76.2 Å². The maximum atomic E-state index is 12.0. The summed E-state index contributed by atoms with van der Waals surface area (Å²) in [5.41, 5.74) is 4.36. The van der Waals surface area contributed by atoms with E-state index in [0.717, 1.165) is 61.0 Å². The number of carbonyl (C=O) groups is 1. The highest BCUT2D eigenvalue weighted by Gasteiger charge is 2.44. The van der Waals surface area contributed by atoms with Crippen LogP contribution in [0.5, 0.6) is 0 Å². The molecule has 2 bridgehead atoms. The molecule has 3 atom stereocenters. The predicted molar refractivity (Wildman–Crippen MR) is 157 cm³/mol. The number of rotatable bonds is 8. The molecule has 2 aromatic carbocycles. The molecule has 218 valence electrons. The van der Waals surface area contributed by atoms with Crippen LogP contribution in [0.4, 0.5) is 6.01 Å². The molecule has 0 amide bonds. The molecule has 0 radical (unpaired) electrons. The van der Waals surface area contributed by atoms with Gasteiger partial charge in [-0.15, -0.1) is 5.10 Å². The third-order valence-electron chi connectivity index (χ3n) is 8.63. The molecule has 1 saturated carbocycles. The molecule has 3 fully saturated rings. The average molecular weight is 610 g/mol. The van der Waals surface area contributed by atoms with Crippen molar-refractivity contribution in [2.75, 3.05) is 12.0 Å². The summed E-state index contributed by atoms with van der Waals surface area (Å²) < 4.78 is 23.4. The third kappa shape index (κ3) is 4.97. The summed E-state index contributed by atoms with van der Waals surface area (Å²) >= 11 is 13.1. The molecular formula is C31H30Cl2N4O5. The number of aromatic nitrogens is 3. The van der Waals surface area contributed by atoms with Crippen LogP contribution in [0.3, 0.4) is 0 Å². The van der Waals surface area contributed by atoms with Gasteiger partial charge in [0, 0.05) is 34.7 Å². The van der Waals surface area contributed by atoms with Gasteiger partial charge in [0.1, 0.15) is 11.5 Å². The van der Waals surface area contributed by atoms with Gasteiger partial charge in [-0.25, -0.2) is 4.79 Å². The van der Waals surface area contributed by atoms with Crippen LogP contribution >= 0.6 is 23.2 Å². The van der Waals surface area contributed by atoms with E-state index in [1.165, 1.54) is 7.11 Å². The Labute approximate surface area is 253 Å². The number of piperidine rings is 1. The maximum Gasteiger partial charge on any atom is 0.338 e. The third-order valence-corrected chi connectivity index (χ3v) is 9.26. The first-order valence-electron chi connectivity index (χ1n) is 14.3. The Morgan fingerprint density at radius 3 is 2.45 bits per heavy atom. The maximum absolute atomic E-state index is 12.0. The van der Waals surface area contributed by atoms with Crippen LogP contribution in [-0.2, 0) is 16.1 Å². The number of carbonyl (C=O) groups excluding carboxylic acids is 1. The largest absolute Gasteiger partial charge is 0.465 e. The Kier molecular flexibility index (Phi) is 7.20. The second kappa shape index (κ2) is 11.0. The second-order valence-electron chi connectivity index (χ2n) is 11.4. The summed E-state index contributed by atoms with van der Waals surface area (Å²) in [6, 6.07) is 11.9.